The molecule has 9 heteroatoms. The van der Waals surface area contributed by atoms with E-state index in [0.717, 1.165) is 35.0 Å². The van der Waals surface area contributed by atoms with Crippen molar-refractivity contribution >= 4 is 32.7 Å². The summed E-state index contributed by atoms with van der Waals surface area (Å²) in [5.74, 6) is -0.306. The lowest BCUT2D eigenvalue weighted by Crippen LogP contribution is -2.45. The lowest BCUT2D eigenvalue weighted by atomic mass is 9.81. The zero-order chi connectivity index (χ0) is 28.1. The van der Waals surface area contributed by atoms with E-state index in [4.69, 9.17) is 4.74 Å². The van der Waals surface area contributed by atoms with Crippen LogP contribution in [0.25, 0.3) is 22.2 Å². The topological polar surface area (TPSA) is 97.7 Å². The van der Waals surface area contributed by atoms with E-state index >= 15 is 0 Å². The first-order valence-corrected chi connectivity index (χ1v) is 16.6. The van der Waals surface area contributed by atoms with Crippen molar-refractivity contribution in [2.45, 2.75) is 69.1 Å². The molecule has 0 radical (unpaired) electrons. The first kappa shape index (κ1) is 26.7. The van der Waals surface area contributed by atoms with Gasteiger partial charge in [0.15, 0.2) is 0 Å². The largest absolute Gasteiger partial charge is 0.378 e. The third kappa shape index (κ3) is 4.97. The van der Waals surface area contributed by atoms with Gasteiger partial charge in [0.25, 0.3) is 5.91 Å². The van der Waals surface area contributed by atoms with Crippen LogP contribution in [0, 0.1) is 5.92 Å². The van der Waals surface area contributed by atoms with Crippen molar-refractivity contribution in [3.8, 4) is 11.3 Å². The van der Waals surface area contributed by atoms with Gasteiger partial charge in [-0.05, 0) is 61.3 Å². The third-order valence-corrected chi connectivity index (χ3v) is 11.2. The van der Waals surface area contributed by atoms with Gasteiger partial charge in [0.2, 0.25) is 15.9 Å². The van der Waals surface area contributed by atoms with Crippen LogP contribution < -0.4 is 4.72 Å². The van der Waals surface area contributed by atoms with Crippen molar-refractivity contribution in [2.24, 2.45) is 5.92 Å². The molecule has 41 heavy (non-hydrogen) atoms. The molecule has 2 aromatic carbocycles. The molecule has 3 heterocycles. The summed E-state index contributed by atoms with van der Waals surface area (Å²) in [4.78, 5) is 29.0. The lowest BCUT2D eigenvalue weighted by molar-refractivity contribution is -0.140. The Morgan fingerprint density at radius 1 is 0.927 bits per heavy atom. The van der Waals surface area contributed by atoms with Crippen LogP contribution >= 0.6 is 0 Å². The summed E-state index contributed by atoms with van der Waals surface area (Å²) >= 11 is 0. The second-order valence-electron chi connectivity index (χ2n) is 12.1. The van der Waals surface area contributed by atoms with E-state index in [0.29, 0.717) is 63.6 Å². The van der Waals surface area contributed by atoms with Crippen LogP contribution in [0.15, 0.2) is 42.5 Å². The Morgan fingerprint density at radius 3 is 2.44 bits per heavy atom. The fourth-order valence-corrected chi connectivity index (χ4v) is 8.44. The monoisotopic (exact) mass is 575 g/mol. The smallest absolute Gasteiger partial charge is 0.264 e. The SMILES string of the molecule is O=C(NS(=O)(=O)C1CC1)c1ccc2c(C3CCCCC3)c3n(c2c1)CC(C(=O)N1CCOCC1)Cc1ccccc1-3. The van der Waals surface area contributed by atoms with Crippen molar-refractivity contribution in [2.75, 3.05) is 26.3 Å². The van der Waals surface area contributed by atoms with Crippen LogP contribution in [0.4, 0.5) is 0 Å². The predicted octanol–water partition coefficient (Wildman–Crippen LogP) is 4.61. The molecule has 2 aliphatic carbocycles. The van der Waals surface area contributed by atoms with Crippen LogP contribution in [0.2, 0.25) is 0 Å². The van der Waals surface area contributed by atoms with Gasteiger partial charge in [0.05, 0.1) is 30.1 Å². The number of nitrogens with one attached hydrogen (secondary N) is 1. The number of aromatic nitrogens is 1. The summed E-state index contributed by atoms with van der Waals surface area (Å²) in [5.41, 5.74) is 6.02. The number of ether oxygens (including phenoxy) is 1. The molecule has 7 rings (SSSR count). The van der Waals surface area contributed by atoms with Gasteiger partial charge in [-0.25, -0.2) is 13.1 Å². The van der Waals surface area contributed by atoms with E-state index in [-0.39, 0.29) is 11.8 Å². The minimum atomic E-state index is -3.66. The third-order valence-electron chi connectivity index (χ3n) is 9.39. The average Bonchev–Trinajstić information content (AvgIpc) is 3.83. The molecule has 2 amide bonds. The maximum absolute atomic E-state index is 13.9. The molecule has 1 aromatic heterocycles. The Morgan fingerprint density at radius 2 is 1.68 bits per heavy atom. The zero-order valence-electron chi connectivity index (χ0n) is 23.3. The second-order valence-corrected chi connectivity index (χ2v) is 14.1. The van der Waals surface area contributed by atoms with Gasteiger partial charge in [-0.1, -0.05) is 49.6 Å². The summed E-state index contributed by atoms with van der Waals surface area (Å²) in [5, 5.41) is 0.629. The first-order valence-electron chi connectivity index (χ1n) is 15.1. The number of fused-ring (bicyclic) bond motifs is 5. The normalized spacial score (nSPS) is 21.7. The summed E-state index contributed by atoms with van der Waals surface area (Å²) in [7, 11) is -3.66. The highest BCUT2D eigenvalue weighted by Gasteiger charge is 2.38. The Labute approximate surface area is 241 Å². The number of sulfonamides is 1. The van der Waals surface area contributed by atoms with Crippen molar-refractivity contribution in [3.63, 3.8) is 0 Å². The predicted molar refractivity (Wildman–Crippen MR) is 157 cm³/mol. The Balaban J connectivity index is 1.38. The molecule has 4 aliphatic rings. The minimum absolute atomic E-state index is 0.140. The summed E-state index contributed by atoms with van der Waals surface area (Å²) in [6.07, 6.45) is 7.70. The standard InChI is InChI=1S/C32H37N3O5S/c36-31(33-41(38,39)25-11-12-25)23-10-13-27-28(19-23)35-20-24(32(37)34-14-16-40-17-15-34)18-22-8-4-5-9-26(22)30(35)29(27)21-6-2-1-3-7-21/h4-5,8-10,13,19,21,24-25H,1-3,6-7,11-12,14-18,20H2,(H,33,36). The van der Waals surface area contributed by atoms with Crippen LogP contribution in [0.3, 0.4) is 0 Å². The Kier molecular flexibility index (Phi) is 6.90. The molecule has 0 bridgehead atoms. The number of morpholine rings is 1. The molecule has 1 unspecified atom stereocenters. The van der Waals surface area contributed by atoms with Gasteiger partial charge in [0, 0.05) is 41.7 Å². The van der Waals surface area contributed by atoms with Gasteiger partial charge < -0.3 is 14.2 Å². The van der Waals surface area contributed by atoms with Gasteiger partial charge in [-0.15, -0.1) is 0 Å². The molecular weight excluding hydrogens is 538 g/mol. The Hall–Kier alpha value is -3.17. The number of hydrogen-bond acceptors (Lipinski definition) is 5. The van der Waals surface area contributed by atoms with Gasteiger partial charge >= 0.3 is 0 Å². The van der Waals surface area contributed by atoms with Crippen molar-refractivity contribution in [1.29, 1.82) is 0 Å². The minimum Gasteiger partial charge on any atom is -0.378 e. The van der Waals surface area contributed by atoms with Gasteiger partial charge in [-0.3, -0.25) is 9.59 Å². The van der Waals surface area contributed by atoms with E-state index in [1.54, 1.807) is 6.07 Å². The lowest BCUT2D eigenvalue weighted by Gasteiger charge is -2.30. The molecule has 8 nitrogen and oxygen atoms in total. The highest BCUT2D eigenvalue weighted by atomic mass is 32.2. The number of rotatable bonds is 5. The van der Waals surface area contributed by atoms with Crippen LogP contribution in [-0.4, -0.2) is 61.3 Å². The average molecular weight is 576 g/mol. The van der Waals surface area contributed by atoms with Crippen molar-refractivity contribution in [1.82, 2.24) is 14.2 Å². The van der Waals surface area contributed by atoms with Crippen LogP contribution in [0.5, 0.6) is 0 Å². The number of amides is 2. The van der Waals surface area contributed by atoms with E-state index in [9.17, 15) is 18.0 Å². The highest BCUT2D eigenvalue weighted by molar-refractivity contribution is 7.91. The van der Waals surface area contributed by atoms with Gasteiger partial charge in [-0.2, -0.15) is 0 Å². The molecule has 216 valence electrons. The summed E-state index contributed by atoms with van der Waals surface area (Å²) < 4.78 is 35.2. The van der Waals surface area contributed by atoms with E-state index in [1.807, 2.05) is 17.0 Å². The zero-order valence-corrected chi connectivity index (χ0v) is 24.1. The first-order chi connectivity index (χ1) is 19.9. The van der Waals surface area contributed by atoms with Crippen LogP contribution in [0.1, 0.15) is 72.3 Å². The van der Waals surface area contributed by atoms with E-state index in [2.05, 4.69) is 33.6 Å². The molecule has 1 N–H and O–H groups in total. The molecule has 3 fully saturated rings. The number of benzene rings is 2. The molecular formula is C32H37N3O5S. The number of hydrogen-bond donors (Lipinski definition) is 1. The van der Waals surface area contributed by atoms with Crippen molar-refractivity contribution < 1.29 is 22.7 Å². The maximum atomic E-state index is 13.9. The van der Waals surface area contributed by atoms with Crippen LogP contribution in [-0.2, 0) is 32.5 Å². The molecule has 0 spiro atoms. The molecule has 1 atom stereocenters. The maximum Gasteiger partial charge on any atom is 0.264 e. The summed E-state index contributed by atoms with van der Waals surface area (Å²) in [6, 6.07) is 14.0. The van der Waals surface area contributed by atoms with Gasteiger partial charge in [0.1, 0.15) is 0 Å². The number of nitrogens with zero attached hydrogens (tertiary/aromatic N) is 2. The Bertz CT molecular complexity index is 1610. The second kappa shape index (κ2) is 10.6. The van der Waals surface area contributed by atoms with Crippen molar-refractivity contribution in [3.05, 3.63) is 59.2 Å². The molecule has 3 aromatic rings. The molecule has 2 aliphatic heterocycles. The fourth-order valence-electron chi connectivity index (χ4n) is 7.14. The van der Waals surface area contributed by atoms with E-state index < -0.39 is 21.2 Å². The molecule has 1 saturated heterocycles. The fraction of sp³-hybridized carbons (Fsp3) is 0.500. The van der Waals surface area contributed by atoms with E-state index in [1.165, 1.54) is 30.4 Å². The highest BCUT2D eigenvalue weighted by Crippen LogP contribution is 2.47. The number of carbonyl (C=O) groups is 2. The summed E-state index contributed by atoms with van der Waals surface area (Å²) in [6.45, 7) is 2.82. The number of carbonyl (C=O) groups excluding carboxylic acids is 2. The molecule has 2 saturated carbocycles. The quantitative estimate of drug-likeness (QED) is 0.479.